The van der Waals surface area contributed by atoms with Crippen LogP contribution in [0.5, 0.6) is 0 Å². The molecule has 5 nitrogen and oxygen atoms in total. The smallest absolute Gasteiger partial charge is 0.243 e. The minimum absolute atomic E-state index is 0.0915. The molecule has 0 spiro atoms. The molecular formula is C19H21FN2O3S. The molecule has 0 unspecified atom stereocenters. The van der Waals surface area contributed by atoms with Crippen molar-refractivity contribution < 1.29 is 17.6 Å². The van der Waals surface area contributed by atoms with E-state index in [1.165, 1.54) is 16.4 Å². The Hall–Kier alpha value is -2.25. The summed E-state index contributed by atoms with van der Waals surface area (Å²) < 4.78 is 40.2. The molecule has 7 heteroatoms. The number of sulfonamides is 1. The maximum Gasteiger partial charge on any atom is 0.243 e. The van der Waals surface area contributed by atoms with E-state index in [9.17, 15) is 17.6 Å². The van der Waals surface area contributed by atoms with Crippen molar-refractivity contribution in [3.05, 3.63) is 59.9 Å². The lowest BCUT2D eigenvalue weighted by Gasteiger charge is -2.31. The van der Waals surface area contributed by atoms with Crippen molar-refractivity contribution in [1.82, 2.24) is 4.31 Å². The van der Waals surface area contributed by atoms with Gasteiger partial charge in [0.1, 0.15) is 5.82 Å². The summed E-state index contributed by atoms with van der Waals surface area (Å²) in [6.07, 6.45) is 0.913. The van der Waals surface area contributed by atoms with E-state index in [2.05, 4.69) is 5.32 Å². The second-order valence-corrected chi connectivity index (χ2v) is 8.35. The number of nitrogens with zero attached hydrogens (tertiary/aromatic N) is 1. The number of hydrogen-bond donors (Lipinski definition) is 1. The van der Waals surface area contributed by atoms with Crippen LogP contribution in [0.2, 0.25) is 0 Å². The second kappa shape index (κ2) is 7.55. The average molecular weight is 376 g/mol. The highest BCUT2D eigenvalue weighted by molar-refractivity contribution is 7.89. The number of amides is 1. The summed E-state index contributed by atoms with van der Waals surface area (Å²) in [5.74, 6) is -0.778. The molecule has 1 amide bonds. The van der Waals surface area contributed by atoms with Crippen molar-refractivity contribution in [3.8, 4) is 0 Å². The monoisotopic (exact) mass is 376 g/mol. The number of para-hydroxylation sites is 1. The average Bonchev–Trinajstić information content (AvgIpc) is 2.62. The number of piperidine rings is 1. The van der Waals surface area contributed by atoms with Gasteiger partial charge in [-0.1, -0.05) is 18.2 Å². The van der Waals surface area contributed by atoms with E-state index >= 15 is 0 Å². The number of halogens is 1. The Labute approximate surface area is 152 Å². The highest BCUT2D eigenvalue weighted by Crippen LogP contribution is 2.26. The van der Waals surface area contributed by atoms with Gasteiger partial charge in [0.2, 0.25) is 15.9 Å². The van der Waals surface area contributed by atoms with Gasteiger partial charge in [-0.15, -0.1) is 0 Å². The first-order chi connectivity index (χ1) is 12.4. The number of carbonyl (C=O) groups excluding carboxylic acids is 1. The van der Waals surface area contributed by atoms with Crippen molar-refractivity contribution in [2.45, 2.75) is 24.7 Å². The summed E-state index contributed by atoms with van der Waals surface area (Å²) in [5.41, 5.74) is 1.11. The third-order valence-electron chi connectivity index (χ3n) is 4.62. The summed E-state index contributed by atoms with van der Waals surface area (Å²) in [4.78, 5) is 12.5. The van der Waals surface area contributed by atoms with Gasteiger partial charge in [0.05, 0.1) is 4.90 Å². The van der Waals surface area contributed by atoms with Crippen molar-refractivity contribution in [2.24, 2.45) is 5.92 Å². The lowest BCUT2D eigenvalue weighted by atomic mass is 9.97. The van der Waals surface area contributed by atoms with Crippen LogP contribution in [-0.4, -0.2) is 31.7 Å². The molecule has 1 aliphatic heterocycles. The van der Waals surface area contributed by atoms with Crippen LogP contribution in [-0.2, 0) is 14.8 Å². The fourth-order valence-electron chi connectivity index (χ4n) is 3.17. The summed E-state index contributed by atoms with van der Waals surface area (Å²) in [5, 5.41) is 2.86. The molecular weight excluding hydrogens is 355 g/mol. The fraction of sp³-hybridized carbons (Fsp3) is 0.316. The Morgan fingerprint density at radius 2 is 1.77 bits per heavy atom. The molecule has 0 radical (unpaired) electrons. The molecule has 3 rings (SSSR count). The molecule has 0 atom stereocenters. The fourth-order valence-corrected chi connectivity index (χ4v) is 4.84. The van der Waals surface area contributed by atoms with Crippen LogP contribution in [0, 0.1) is 18.7 Å². The van der Waals surface area contributed by atoms with E-state index < -0.39 is 15.8 Å². The minimum Gasteiger partial charge on any atom is -0.326 e. The van der Waals surface area contributed by atoms with Crippen molar-refractivity contribution in [3.63, 3.8) is 0 Å². The number of aryl methyl sites for hydroxylation is 1. The maximum atomic E-state index is 13.2. The zero-order chi connectivity index (χ0) is 18.7. The number of nitrogens with one attached hydrogen (secondary N) is 1. The third-order valence-corrected chi connectivity index (χ3v) is 6.68. The number of carbonyl (C=O) groups is 1. The van der Waals surface area contributed by atoms with E-state index in [0.29, 0.717) is 18.4 Å². The van der Waals surface area contributed by atoms with Crippen molar-refractivity contribution >= 4 is 21.6 Å². The largest absolute Gasteiger partial charge is 0.326 e. The Morgan fingerprint density at radius 1 is 1.12 bits per heavy atom. The van der Waals surface area contributed by atoms with Crippen LogP contribution in [0.1, 0.15) is 18.4 Å². The van der Waals surface area contributed by atoms with Crippen molar-refractivity contribution in [2.75, 3.05) is 18.4 Å². The van der Waals surface area contributed by atoms with Crippen molar-refractivity contribution in [1.29, 1.82) is 0 Å². The third kappa shape index (κ3) is 3.94. The molecule has 1 N–H and O–H groups in total. The first-order valence-corrected chi connectivity index (χ1v) is 9.94. The van der Waals surface area contributed by atoms with Gasteiger partial charge in [0.25, 0.3) is 0 Å². The molecule has 138 valence electrons. The van der Waals surface area contributed by atoms with Gasteiger partial charge in [-0.3, -0.25) is 4.79 Å². The van der Waals surface area contributed by atoms with Crippen LogP contribution in [0.4, 0.5) is 10.1 Å². The van der Waals surface area contributed by atoms with Gasteiger partial charge in [-0.05, 0) is 55.7 Å². The maximum absolute atomic E-state index is 13.2. The number of benzene rings is 2. The van der Waals surface area contributed by atoms with E-state index in [1.807, 2.05) is 30.3 Å². The summed E-state index contributed by atoms with van der Waals surface area (Å²) in [7, 11) is -3.68. The first kappa shape index (κ1) is 18.5. The van der Waals surface area contributed by atoms with Gasteiger partial charge in [-0.25, -0.2) is 12.8 Å². The number of hydrogen-bond acceptors (Lipinski definition) is 3. The van der Waals surface area contributed by atoms with Crippen LogP contribution < -0.4 is 5.32 Å². The predicted molar refractivity (Wildman–Crippen MR) is 97.7 cm³/mol. The van der Waals surface area contributed by atoms with Gasteiger partial charge >= 0.3 is 0 Å². The lowest BCUT2D eigenvalue weighted by Crippen LogP contribution is -2.41. The Bertz CT molecular complexity index is 892. The molecule has 0 bridgehead atoms. The molecule has 0 aliphatic carbocycles. The molecule has 0 saturated carbocycles. The van der Waals surface area contributed by atoms with E-state index in [1.54, 1.807) is 6.92 Å². The molecule has 26 heavy (non-hydrogen) atoms. The molecule has 2 aromatic carbocycles. The van der Waals surface area contributed by atoms with E-state index in [0.717, 1.165) is 11.8 Å². The van der Waals surface area contributed by atoms with Gasteiger partial charge in [0, 0.05) is 24.7 Å². The number of anilines is 1. The Kier molecular flexibility index (Phi) is 5.38. The molecule has 1 saturated heterocycles. The Morgan fingerprint density at radius 3 is 2.38 bits per heavy atom. The summed E-state index contributed by atoms with van der Waals surface area (Å²) in [6.45, 7) is 2.12. The van der Waals surface area contributed by atoms with Crippen LogP contribution in [0.25, 0.3) is 0 Å². The summed E-state index contributed by atoms with van der Waals surface area (Å²) in [6, 6.07) is 12.9. The first-order valence-electron chi connectivity index (χ1n) is 8.50. The van der Waals surface area contributed by atoms with E-state index in [4.69, 9.17) is 0 Å². The normalized spacial score (nSPS) is 16.4. The van der Waals surface area contributed by atoms with Crippen LogP contribution in [0.3, 0.4) is 0 Å². The standard InChI is InChI=1S/C19H21FN2O3S/c1-14-13-16(20)7-8-18(14)26(24,25)22-11-9-15(10-12-22)19(23)21-17-5-3-2-4-6-17/h2-8,13,15H,9-12H2,1H3,(H,21,23). The molecule has 0 aromatic heterocycles. The second-order valence-electron chi connectivity index (χ2n) is 6.44. The predicted octanol–water partition coefficient (Wildman–Crippen LogP) is 3.17. The van der Waals surface area contributed by atoms with Crippen LogP contribution >= 0.6 is 0 Å². The minimum atomic E-state index is -3.68. The SMILES string of the molecule is Cc1cc(F)ccc1S(=O)(=O)N1CCC(C(=O)Nc2ccccc2)CC1. The summed E-state index contributed by atoms with van der Waals surface area (Å²) >= 11 is 0. The molecule has 2 aromatic rings. The zero-order valence-electron chi connectivity index (χ0n) is 14.5. The highest BCUT2D eigenvalue weighted by atomic mass is 32.2. The van der Waals surface area contributed by atoms with Crippen LogP contribution in [0.15, 0.2) is 53.4 Å². The van der Waals surface area contributed by atoms with Gasteiger partial charge in [0.15, 0.2) is 0 Å². The molecule has 1 heterocycles. The molecule has 1 fully saturated rings. The van der Waals surface area contributed by atoms with Gasteiger partial charge < -0.3 is 5.32 Å². The Balaban J connectivity index is 1.65. The highest BCUT2D eigenvalue weighted by Gasteiger charge is 2.32. The van der Waals surface area contributed by atoms with E-state index in [-0.39, 0.29) is 29.8 Å². The molecule has 1 aliphatic rings. The van der Waals surface area contributed by atoms with Gasteiger partial charge in [-0.2, -0.15) is 4.31 Å². The topological polar surface area (TPSA) is 66.5 Å². The zero-order valence-corrected chi connectivity index (χ0v) is 15.3. The number of rotatable bonds is 4. The lowest BCUT2D eigenvalue weighted by molar-refractivity contribution is -0.120. The quantitative estimate of drug-likeness (QED) is 0.891.